The Kier molecular flexibility index (Phi) is 4.39. The van der Waals surface area contributed by atoms with Crippen LogP contribution in [0.15, 0.2) is 36.5 Å². The molecule has 1 atom stereocenters. The van der Waals surface area contributed by atoms with E-state index in [1.165, 1.54) is 29.7 Å². The van der Waals surface area contributed by atoms with Crippen LogP contribution in [0.25, 0.3) is 0 Å². The van der Waals surface area contributed by atoms with Gasteiger partial charge >= 0.3 is 0 Å². The Balaban J connectivity index is 1.65. The normalized spacial score (nSPS) is 16.1. The van der Waals surface area contributed by atoms with Crippen molar-refractivity contribution in [3.05, 3.63) is 53.3 Å². The molecule has 1 aromatic carbocycles. The lowest BCUT2D eigenvalue weighted by Crippen LogP contribution is -2.27. The molecule has 0 aliphatic heterocycles. The number of rotatable bonds is 7. The van der Waals surface area contributed by atoms with Gasteiger partial charge in [-0.3, -0.25) is 4.68 Å². The molecule has 1 aromatic heterocycles. The van der Waals surface area contributed by atoms with Gasteiger partial charge in [0, 0.05) is 19.3 Å². The summed E-state index contributed by atoms with van der Waals surface area (Å²) in [5.74, 6) is 0.613. The van der Waals surface area contributed by atoms with E-state index in [0.717, 1.165) is 25.4 Å². The van der Waals surface area contributed by atoms with E-state index in [-0.39, 0.29) is 0 Å². The molecule has 1 N–H and O–H groups in total. The molecule has 0 spiro atoms. The highest BCUT2D eigenvalue weighted by Crippen LogP contribution is 2.20. The Hall–Kier alpha value is -1.61. The van der Waals surface area contributed by atoms with Crippen LogP contribution in [0.2, 0.25) is 0 Å². The molecule has 0 saturated heterocycles. The van der Waals surface area contributed by atoms with Gasteiger partial charge in [-0.15, -0.1) is 0 Å². The lowest BCUT2D eigenvalue weighted by atomic mass is 9.94. The Labute approximate surface area is 127 Å². The monoisotopic (exact) mass is 283 g/mol. The second-order valence-electron chi connectivity index (χ2n) is 6.43. The van der Waals surface area contributed by atoms with Gasteiger partial charge in [-0.25, -0.2) is 0 Å². The summed E-state index contributed by atoms with van der Waals surface area (Å²) in [6.45, 7) is 3.26. The minimum absolute atomic E-state index is 0.613. The van der Waals surface area contributed by atoms with E-state index in [2.05, 4.69) is 47.7 Å². The molecule has 1 fully saturated rings. The third-order valence-corrected chi connectivity index (χ3v) is 4.15. The number of aryl methyl sites for hydroxylation is 2. The Morgan fingerprint density at radius 2 is 2.14 bits per heavy atom. The topological polar surface area (TPSA) is 29.9 Å². The standard InChI is InChI=1S/C18H25N3/c1-14-4-3-5-15(10-14)11-16(13-19-17-6-7-17)12-18-8-9-21(2)20-18/h3-5,8-10,16-17,19H,6-7,11-13H2,1-2H3. The van der Waals surface area contributed by atoms with Crippen molar-refractivity contribution in [1.29, 1.82) is 0 Å². The first-order valence-electron chi connectivity index (χ1n) is 7.96. The lowest BCUT2D eigenvalue weighted by molar-refractivity contribution is 0.462. The van der Waals surface area contributed by atoms with Gasteiger partial charge in [0.1, 0.15) is 0 Å². The summed E-state index contributed by atoms with van der Waals surface area (Å²) in [5.41, 5.74) is 3.99. The average molecular weight is 283 g/mol. The molecule has 0 bridgehead atoms. The van der Waals surface area contributed by atoms with Crippen molar-refractivity contribution < 1.29 is 0 Å². The van der Waals surface area contributed by atoms with E-state index in [1.54, 1.807) is 0 Å². The Morgan fingerprint density at radius 3 is 2.81 bits per heavy atom. The molecule has 3 heteroatoms. The van der Waals surface area contributed by atoms with E-state index in [1.807, 2.05) is 17.9 Å². The van der Waals surface area contributed by atoms with Crippen molar-refractivity contribution in [3.63, 3.8) is 0 Å². The van der Waals surface area contributed by atoms with Crippen LogP contribution in [0.3, 0.4) is 0 Å². The summed E-state index contributed by atoms with van der Waals surface area (Å²) in [6.07, 6.45) is 6.90. The minimum Gasteiger partial charge on any atom is -0.314 e. The fraction of sp³-hybridized carbons (Fsp3) is 0.500. The van der Waals surface area contributed by atoms with E-state index in [0.29, 0.717) is 5.92 Å². The number of aromatic nitrogens is 2. The lowest BCUT2D eigenvalue weighted by Gasteiger charge is -2.17. The predicted molar refractivity (Wildman–Crippen MR) is 86.3 cm³/mol. The molecule has 1 aliphatic carbocycles. The average Bonchev–Trinajstić information content (AvgIpc) is 3.19. The van der Waals surface area contributed by atoms with Crippen molar-refractivity contribution in [3.8, 4) is 0 Å². The highest BCUT2D eigenvalue weighted by molar-refractivity contribution is 5.23. The highest BCUT2D eigenvalue weighted by Gasteiger charge is 2.22. The number of hydrogen-bond acceptors (Lipinski definition) is 2. The largest absolute Gasteiger partial charge is 0.314 e. The summed E-state index contributed by atoms with van der Waals surface area (Å²) >= 11 is 0. The van der Waals surface area contributed by atoms with Gasteiger partial charge in [0.15, 0.2) is 0 Å². The van der Waals surface area contributed by atoms with Gasteiger partial charge in [-0.2, -0.15) is 5.10 Å². The third-order valence-electron chi connectivity index (χ3n) is 4.15. The van der Waals surface area contributed by atoms with Crippen molar-refractivity contribution in [1.82, 2.24) is 15.1 Å². The van der Waals surface area contributed by atoms with Crippen molar-refractivity contribution >= 4 is 0 Å². The zero-order valence-corrected chi connectivity index (χ0v) is 13.0. The van der Waals surface area contributed by atoms with Gasteiger partial charge < -0.3 is 5.32 Å². The van der Waals surface area contributed by atoms with Crippen LogP contribution in [-0.2, 0) is 19.9 Å². The molecule has 1 unspecified atom stereocenters. The molecular weight excluding hydrogens is 258 g/mol. The van der Waals surface area contributed by atoms with Crippen LogP contribution >= 0.6 is 0 Å². The molecule has 0 radical (unpaired) electrons. The van der Waals surface area contributed by atoms with Crippen LogP contribution in [0.1, 0.15) is 29.7 Å². The van der Waals surface area contributed by atoms with Crippen LogP contribution < -0.4 is 5.32 Å². The molecule has 112 valence electrons. The predicted octanol–water partition coefficient (Wildman–Crippen LogP) is 2.88. The van der Waals surface area contributed by atoms with E-state index >= 15 is 0 Å². The van der Waals surface area contributed by atoms with Crippen molar-refractivity contribution in [2.45, 2.75) is 38.6 Å². The molecule has 3 nitrogen and oxygen atoms in total. The number of nitrogens with one attached hydrogen (secondary N) is 1. The minimum atomic E-state index is 0.613. The van der Waals surface area contributed by atoms with Crippen molar-refractivity contribution in [2.24, 2.45) is 13.0 Å². The van der Waals surface area contributed by atoms with Gasteiger partial charge in [0.2, 0.25) is 0 Å². The third kappa shape index (κ3) is 4.43. The zero-order chi connectivity index (χ0) is 14.7. The first-order valence-corrected chi connectivity index (χ1v) is 7.96. The molecule has 1 aliphatic rings. The van der Waals surface area contributed by atoms with E-state index < -0.39 is 0 Å². The fourth-order valence-electron chi connectivity index (χ4n) is 2.88. The van der Waals surface area contributed by atoms with Gasteiger partial charge in [-0.05, 0) is 56.7 Å². The Morgan fingerprint density at radius 1 is 1.29 bits per heavy atom. The molecule has 2 aromatic rings. The second kappa shape index (κ2) is 6.44. The molecule has 0 amide bonds. The summed E-state index contributed by atoms with van der Waals surface area (Å²) < 4.78 is 1.90. The van der Waals surface area contributed by atoms with Gasteiger partial charge in [0.05, 0.1) is 5.69 Å². The van der Waals surface area contributed by atoms with Crippen LogP contribution in [0.5, 0.6) is 0 Å². The van der Waals surface area contributed by atoms with Crippen molar-refractivity contribution in [2.75, 3.05) is 6.54 Å². The summed E-state index contributed by atoms with van der Waals surface area (Å²) in [5, 5.41) is 8.23. The SMILES string of the molecule is Cc1cccc(CC(CNC2CC2)Cc2ccn(C)n2)c1. The summed E-state index contributed by atoms with van der Waals surface area (Å²) in [6, 6.07) is 11.8. The van der Waals surface area contributed by atoms with Crippen LogP contribution in [-0.4, -0.2) is 22.4 Å². The number of hydrogen-bond donors (Lipinski definition) is 1. The molecule has 3 rings (SSSR count). The van der Waals surface area contributed by atoms with Gasteiger partial charge in [0.25, 0.3) is 0 Å². The Bertz CT molecular complexity index is 584. The maximum atomic E-state index is 4.54. The number of benzene rings is 1. The summed E-state index contributed by atoms with van der Waals surface area (Å²) in [4.78, 5) is 0. The number of nitrogens with zero attached hydrogens (tertiary/aromatic N) is 2. The zero-order valence-electron chi connectivity index (χ0n) is 13.0. The van der Waals surface area contributed by atoms with E-state index in [9.17, 15) is 0 Å². The summed E-state index contributed by atoms with van der Waals surface area (Å²) in [7, 11) is 1.99. The quantitative estimate of drug-likeness (QED) is 0.847. The van der Waals surface area contributed by atoms with Crippen LogP contribution in [0.4, 0.5) is 0 Å². The molecule has 1 saturated carbocycles. The van der Waals surface area contributed by atoms with Crippen LogP contribution in [0, 0.1) is 12.8 Å². The molecular formula is C18H25N3. The second-order valence-corrected chi connectivity index (χ2v) is 6.43. The molecule has 21 heavy (non-hydrogen) atoms. The fourth-order valence-corrected chi connectivity index (χ4v) is 2.88. The maximum Gasteiger partial charge on any atom is 0.0627 e. The first kappa shape index (κ1) is 14.3. The highest BCUT2D eigenvalue weighted by atomic mass is 15.2. The molecule has 1 heterocycles. The first-order chi connectivity index (χ1) is 10.2. The maximum absolute atomic E-state index is 4.54. The smallest absolute Gasteiger partial charge is 0.0627 e. The van der Waals surface area contributed by atoms with Gasteiger partial charge in [-0.1, -0.05) is 29.8 Å². The van der Waals surface area contributed by atoms with E-state index in [4.69, 9.17) is 0 Å².